The smallest absolute Gasteiger partial charge is 0.258 e. The molecule has 122 valence electrons. The minimum atomic E-state index is -4.02. The number of hydrogen-bond acceptors (Lipinski definition) is 6. The standard InChI is InChI=1S/C12H16N2O6S2/c1-12(6-7-21(17,18)9-12)13(2)22(19,20)11-5-3-4-10(8-11)14(15)16/h3-5,8H,6-7,9H2,1-2H3/t12-/m0/s1. The van der Waals surface area contributed by atoms with Crippen LogP contribution < -0.4 is 0 Å². The molecule has 1 fully saturated rings. The summed E-state index contributed by atoms with van der Waals surface area (Å²) in [6.45, 7) is 1.56. The molecular weight excluding hydrogens is 332 g/mol. The minimum Gasteiger partial charge on any atom is -0.258 e. The molecule has 1 aliphatic rings. The molecule has 2 rings (SSSR count). The van der Waals surface area contributed by atoms with Crippen molar-refractivity contribution < 1.29 is 21.8 Å². The van der Waals surface area contributed by atoms with Gasteiger partial charge in [0, 0.05) is 24.7 Å². The molecule has 0 unspecified atom stereocenters. The lowest BCUT2D eigenvalue weighted by atomic mass is 10.0. The van der Waals surface area contributed by atoms with Crippen molar-refractivity contribution in [3.63, 3.8) is 0 Å². The molecule has 8 nitrogen and oxygen atoms in total. The third-order valence-electron chi connectivity index (χ3n) is 3.93. The Kier molecular flexibility index (Phi) is 4.05. The summed E-state index contributed by atoms with van der Waals surface area (Å²) in [6.07, 6.45) is 0.194. The zero-order valence-corrected chi connectivity index (χ0v) is 13.7. The molecule has 0 amide bonds. The van der Waals surface area contributed by atoms with E-state index in [2.05, 4.69) is 0 Å². The van der Waals surface area contributed by atoms with Gasteiger partial charge in [0.25, 0.3) is 5.69 Å². The molecule has 1 aliphatic heterocycles. The molecule has 0 radical (unpaired) electrons. The highest BCUT2D eigenvalue weighted by molar-refractivity contribution is 7.92. The van der Waals surface area contributed by atoms with E-state index in [4.69, 9.17) is 0 Å². The van der Waals surface area contributed by atoms with Crippen LogP contribution in [0.25, 0.3) is 0 Å². The minimum absolute atomic E-state index is 0.0711. The first-order valence-corrected chi connectivity index (χ1v) is 9.68. The van der Waals surface area contributed by atoms with E-state index in [1.807, 2.05) is 0 Å². The van der Waals surface area contributed by atoms with E-state index in [0.717, 1.165) is 10.4 Å². The van der Waals surface area contributed by atoms with Gasteiger partial charge in [0.1, 0.15) is 0 Å². The molecule has 0 aliphatic carbocycles. The van der Waals surface area contributed by atoms with Crippen LogP contribution in [0.4, 0.5) is 5.69 Å². The van der Waals surface area contributed by atoms with E-state index in [1.54, 1.807) is 6.92 Å². The lowest BCUT2D eigenvalue weighted by molar-refractivity contribution is -0.385. The lowest BCUT2D eigenvalue weighted by Crippen LogP contribution is -2.48. The third-order valence-corrected chi connectivity index (χ3v) is 7.83. The van der Waals surface area contributed by atoms with Crippen LogP contribution in [0.1, 0.15) is 13.3 Å². The zero-order chi connectivity index (χ0) is 16.8. The second-order valence-electron chi connectivity index (χ2n) is 5.57. The molecule has 0 N–H and O–H groups in total. The van der Waals surface area contributed by atoms with Crippen LogP contribution in [0.5, 0.6) is 0 Å². The maximum atomic E-state index is 12.6. The number of nitro benzene ring substituents is 1. The van der Waals surface area contributed by atoms with Gasteiger partial charge >= 0.3 is 0 Å². The number of nitrogens with zero attached hydrogens (tertiary/aromatic N) is 2. The van der Waals surface area contributed by atoms with Crippen molar-refractivity contribution in [1.82, 2.24) is 4.31 Å². The molecule has 1 atom stereocenters. The molecule has 1 aromatic rings. The highest BCUT2D eigenvalue weighted by Crippen LogP contribution is 2.33. The van der Waals surface area contributed by atoms with Gasteiger partial charge in [-0.25, -0.2) is 16.8 Å². The number of rotatable bonds is 4. The fourth-order valence-corrected chi connectivity index (χ4v) is 6.28. The summed E-state index contributed by atoms with van der Waals surface area (Å²) in [7, 11) is -6.00. The molecule has 0 spiro atoms. The van der Waals surface area contributed by atoms with Crippen LogP contribution in [0.2, 0.25) is 0 Å². The van der Waals surface area contributed by atoms with Gasteiger partial charge < -0.3 is 0 Å². The Morgan fingerprint density at radius 3 is 2.50 bits per heavy atom. The van der Waals surface area contributed by atoms with E-state index in [0.29, 0.717) is 0 Å². The van der Waals surface area contributed by atoms with Crippen molar-refractivity contribution in [2.75, 3.05) is 18.6 Å². The van der Waals surface area contributed by atoms with Crippen molar-refractivity contribution in [2.45, 2.75) is 23.8 Å². The summed E-state index contributed by atoms with van der Waals surface area (Å²) in [5.41, 5.74) is -1.39. The van der Waals surface area contributed by atoms with Crippen LogP contribution in [0, 0.1) is 10.1 Å². The number of non-ortho nitro benzene ring substituents is 1. The second-order valence-corrected chi connectivity index (χ2v) is 9.72. The predicted molar refractivity (Wildman–Crippen MR) is 79.7 cm³/mol. The summed E-state index contributed by atoms with van der Waals surface area (Å²) < 4.78 is 49.5. The van der Waals surface area contributed by atoms with Crippen molar-refractivity contribution in [1.29, 1.82) is 0 Å². The van der Waals surface area contributed by atoms with E-state index in [9.17, 15) is 26.9 Å². The number of benzene rings is 1. The third kappa shape index (κ3) is 2.99. The van der Waals surface area contributed by atoms with E-state index >= 15 is 0 Å². The number of nitro groups is 1. The summed E-state index contributed by atoms with van der Waals surface area (Å²) in [5, 5.41) is 10.8. The fraction of sp³-hybridized carbons (Fsp3) is 0.500. The topological polar surface area (TPSA) is 115 Å². The molecule has 1 heterocycles. The Labute approximate surface area is 128 Å². The summed E-state index contributed by atoms with van der Waals surface area (Å²) in [5.74, 6) is -0.330. The first-order valence-electron chi connectivity index (χ1n) is 6.42. The number of sulfonamides is 1. The maximum Gasteiger partial charge on any atom is 0.270 e. The van der Waals surface area contributed by atoms with Gasteiger partial charge in [0.2, 0.25) is 10.0 Å². The Balaban J connectivity index is 2.42. The molecule has 1 saturated heterocycles. The van der Waals surface area contributed by atoms with E-state index in [-0.39, 0.29) is 28.5 Å². The van der Waals surface area contributed by atoms with Crippen molar-refractivity contribution in [3.8, 4) is 0 Å². The van der Waals surface area contributed by atoms with Crippen LogP contribution >= 0.6 is 0 Å². The van der Waals surface area contributed by atoms with Gasteiger partial charge in [0.05, 0.1) is 21.3 Å². The predicted octanol–water partition coefficient (Wildman–Crippen LogP) is 0.793. The Morgan fingerprint density at radius 1 is 1.36 bits per heavy atom. The quantitative estimate of drug-likeness (QED) is 0.587. The molecular formula is C12H16N2O6S2. The van der Waals surface area contributed by atoms with Gasteiger partial charge in [-0.05, 0) is 19.4 Å². The van der Waals surface area contributed by atoms with Crippen molar-refractivity contribution >= 4 is 25.5 Å². The highest BCUT2D eigenvalue weighted by Gasteiger charge is 2.46. The largest absolute Gasteiger partial charge is 0.270 e. The maximum absolute atomic E-state index is 12.6. The highest BCUT2D eigenvalue weighted by atomic mass is 32.2. The lowest BCUT2D eigenvalue weighted by Gasteiger charge is -2.33. The Morgan fingerprint density at radius 2 is 2.00 bits per heavy atom. The van der Waals surface area contributed by atoms with Crippen LogP contribution in [-0.4, -0.2) is 50.2 Å². The molecule has 0 bridgehead atoms. The average molecular weight is 348 g/mol. The zero-order valence-electron chi connectivity index (χ0n) is 12.1. The molecule has 22 heavy (non-hydrogen) atoms. The van der Waals surface area contributed by atoms with E-state index in [1.165, 1.54) is 25.2 Å². The van der Waals surface area contributed by atoms with Gasteiger partial charge in [-0.15, -0.1) is 0 Å². The second kappa shape index (κ2) is 5.28. The molecule has 0 aromatic heterocycles. The Bertz CT molecular complexity index is 818. The average Bonchev–Trinajstić information content (AvgIpc) is 2.73. The summed E-state index contributed by atoms with van der Waals surface area (Å²) in [6, 6.07) is 4.71. The van der Waals surface area contributed by atoms with Crippen LogP contribution in [0.3, 0.4) is 0 Å². The van der Waals surface area contributed by atoms with Crippen LogP contribution in [-0.2, 0) is 19.9 Å². The normalized spacial score (nSPS) is 24.5. The van der Waals surface area contributed by atoms with Crippen molar-refractivity contribution in [2.24, 2.45) is 0 Å². The van der Waals surface area contributed by atoms with Crippen LogP contribution in [0.15, 0.2) is 29.2 Å². The first kappa shape index (κ1) is 16.8. The summed E-state index contributed by atoms with van der Waals surface area (Å²) >= 11 is 0. The number of hydrogen-bond donors (Lipinski definition) is 0. The molecule has 1 aromatic carbocycles. The van der Waals surface area contributed by atoms with Crippen molar-refractivity contribution in [3.05, 3.63) is 34.4 Å². The summed E-state index contributed by atoms with van der Waals surface area (Å²) in [4.78, 5) is 9.87. The molecule has 10 heteroatoms. The Hall–Kier alpha value is -1.52. The van der Waals surface area contributed by atoms with Gasteiger partial charge in [-0.3, -0.25) is 10.1 Å². The van der Waals surface area contributed by atoms with Gasteiger partial charge in [-0.1, -0.05) is 6.07 Å². The SMILES string of the molecule is CN([C@@]1(C)CCS(=O)(=O)C1)S(=O)(=O)c1cccc([N+](=O)[O-])c1. The van der Waals surface area contributed by atoms with Gasteiger partial charge in [-0.2, -0.15) is 4.31 Å². The fourth-order valence-electron chi connectivity index (χ4n) is 2.45. The number of sulfone groups is 1. The monoisotopic (exact) mass is 348 g/mol. The molecule has 0 saturated carbocycles. The van der Waals surface area contributed by atoms with Gasteiger partial charge in [0.15, 0.2) is 9.84 Å². The van der Waals surface area contributed by atoms with E-state index < -0.39 is 30.3 Å². The first-order chi connectivity index (χ1) is 9.98.